The molecule has 1 heterocycles. The van der Waals surface area contributed by atoms with Crippen LogP contribution >= 0.6 is 23.2 Å². The van der Waals surface area contributed by atoms with Gasteiger partial charge in [0.2, 0.25) is 0 Å². The zero-order valence-electron chi connectivity index (χ0n) is 18.3. The number of aryl methyl sites for hydroxylation is 3. The minimum atomic E-state index is 0.328. The van der Waals surface area contributed by atoms with E-state index in [1.165, 1.54) is 11.1 Å². The predicted molar refractivity (Wildman–Crippen MR) is 131 cm³/mol. The van der Waals surface area contributed by atoms with Gasteiger partial charge in [0, 0.05) is 11.6 Å². The van der Waals surface area contributed by atoms with Crippen LogP contribution in [-0.4, -0.2) is 16.2 Å². The third kappa shape index (κ3) is 5.56. The van der Waals surface area contributed by atoms with E-state index < -0.39 is 0 Å². The molecule has 0 saturated heterocycles. The van der Waals surface area contributed by atoms with Gasteiger partial charge in [0.25, 0.3) is 0 Å². The maximum Gasteiger partial charge on any atom is 0.147 e. The molecule has 0 unspecified atom stereocenters. The van der Waals surface area contributed by atoms with Gasteiger partial charge < -0.3 is 14.0 Å². The van der Waals surface area contributed by atoms with E-state index in [-0.39, 0.29) is 0 Å². The first kappa shape index (κ1) is 22.5. The number of imidazole rings is 1. The van der Waals surface area contributed by atoms with Crippen molar-refractivity contribution in [3.05, 3.63) is 87.7 Å². The van der Waals surface area contributed by atoms with E-state index in [1.807, 2.05) is 18.2 Å². The SMILES string of the molecule is Cc1cc(C)cc(OCCCCn2c(COc3ccc(Cl)cc3Cl)nc3ccccc32)c1. The van der Waals surface area contributed by atoms with Crippen molar-refractivity contribution in [1.29, 1.82) is 0 Å². The van der Waals surface area contributed by atoms with Crippen LogP contribution in [0.4, 0.5) is 0 Å². The zero-order chi connectivity index (χ0) is 22.5. The van der Waals surface area contributed by atoms with Gasteiger partial charge in [-0.25, -0.2) is 4.98 Å². The molecule has 166 valence electrons. The molecule has 4 nitrogen and oxygen atoms in total. The fourth-order valence-electron chi connectivity index (χ4n) is 3.80. The molecule has 0 aliphatic carbocycles. The summed E-state index contributed by atoms with van der Waals surface area (Å²) in [6.07, 6.45) is 1.92. The number of unbranched alkanes of at least 4 members (excludes halogenated alkanes) is 1. The Hall–Kier alpha value is -2.69. The van der Waals surface area contributed by atoms with Crippen molar-refractivity contribution in [2.24, 2.45) is 0 Å². The van der Waals surface area contributed by atoms with Crippen molar-refractivity contribution in [2.45, 2.75) is 39.8 Å². The van der Waals surface area contributed by atoms with Gasteiger partial charge in [0.15, 0.2) is 0 Å². The molecule has 0 aliphatic heterocycles. The molecule has 1 aromatic heterocycles. The van der Waals surface area contributed by atoms with Crippen molar-refractivity contribution in [2.75, 3.05) is 6.61 Å². The molecule has 32 heavy (non-hydrogen) atoms. The lowest BCUT2D eigenvalue weighted by atomic mass is 10.1. The smallest absolute Gasteiger partial charge is 0.147 e. The predicted octanol–water partition coefficient (Wildman–Crippen LogP) is 7.40. The largest absolute Gasteiger partial charge is 0.494 e. The molecule has 4 rings (SSSR count). The summed E-state index contributed by atoms with van der Waals surface area (Å²) >= 11 is 12.2. The topological polar surface area (TPSA) is 36.3 Å². The van der Waals surface area contributed by atoms with Gasteiger partial charge in [-0.2, -0.15) is 0 Å². The Morgan fingerprint density at radius 3 is 2.44 bits per heavy atom. The van der Waals surface area contributed by atoms with Gasteiger partial charge in [-0.15, -0.1) is 0 Å². The highest BCUT2D eigenvalue weighted by Gasteiger charge is 2.12. The number of ether oxygens (including phenoxy) is 2. The summed E-state index contributed by atoms with van der Waals surface area (Å²) in [5.41, 5.74) is 4.49. The molecular weight excluding hydrogens is 443 g/mol. The molecule has 3 aromatic carbocycles. The molecule has 0 radical (unpaired) electrons. The minimum absolute atomic E-state index is 0.328. The van der Waals surface area contributed by atoms with Crippen LogP contribution in [0.5, 0.6) is 11.5 Å². The fraction of sp³-hybridized carbons (Fsp3) is 0.269. The Kier molecular flexibility index (Phi) is 7.23. The number of nitrogens with zero attached hydrogens (tertiary/aromatic N) is 2. The van der Waals surface area contributed by atoms with Crippen molar-refractivity contribution < 1.29 is 9.47 Å². The summed E-state index contributed by atoms with van der Waals surface area (Å²) < 4.78 is 14.1. The van der Waals surface area contributed by atoms with E-state index >= 15 is 0 Å². The van der Waals surface area contributed by atoms with Gasteiger partial charge in [-0.05, 0) is 80.3 Å². The number of halogens is 2. The van der Waals surface area contributed by atoms with E-state index in [0.29, 0.717) is 29.0 Å². The van der Waals surface area contributed by atoms with Gasteiger partial charge in [-0.3, -0.25) is 0 Å². The van der Waals surface area contributed by atoms with Crippen molar-refractivity contribution in [3.8, 4) is 11.5 Å². The molecule has 0 aliphatic rings. The normalized spacial score (nSPS) is 11.1. The maximum absolute atomic E-state index is 6.25. The summed E-state index contributed by atoms with van der Waals surface area (Å²) in [6, 6.07) is 19.7. The molecule has 0 amide bonds. The Bertz CT molecular complexity index is 1200. The highest BCUT2D eigenvalue weighted by atomic mass is 35.5. The van der Waals surface area contributed by atoms with Gasteiger partial charge in [0.1, 0.15) is 23.9 Å². The van der Waals surface area contributed by atoms with Crippen LogP contribution in [0.15, 0.2) is 60.7 Å². The number of para-hydroxylation sites is 2. The molecule has 0 saturated carbocycles. The second-order valence-corrected chi connectivity index (χ2v) is 8.75. The highest BCUT2D eigenvalue weighted by molar-refractivity contribution is 6.35. The summed E-state index contributed by atoms with van der Waals surface area (Å²) in [4.78, 5) is 4.78. The van der Waals surface area contributed by atoms with E-state index in [0.717, 1.165) is 42.0 Å². The molecule has 0 spiro atoms. The van der Waals surface area contributed by atoms with Gasteiger partial charge in [-0.1, -0.05) is 41.4 Å². The third-order valence-electron chi connectivity index (χ3n) is 5.22. The second kappa shape index (κ2) is 10.3. The quantitative estimate of drug-likeness (QED) is 0.240. The lowest BCUT2D eigenvalue weighted by Gasteiger charge is -2.12. The summed E-state index contributed by atoms with van der Waals surface area (Å²) in [6.45, 7) is 6.02. The van der Waals surface area contributed by atoms with Crippen LogP contribution in [0.1, 0.15) is 29.8 Å². The van der Waals surface area contributed by atoms with Crippen LogP contribution in [-0.2, 0) is 13.2 Å². The van der Waals surface area contributed by atoms with Crippen molar-refractivity contribution in [1.82, 2.24) is 9.55 Å². The monoisotopic (exact) mass is 468 g/mol. The molecule has 0 N–H and O–H groups in total. The van der Waals surface area contributed by atoms with Crippen LogP contribution in [0.3, 0.4) is 0 Å². The Morgan fingerprint density at radius 2 is 1.66 bits per heavy atom. The average molecular weight is 469 g/mol. The van der Waals surface area contributed by atoms with Gasteiger partial charge in [0.05, 0.1) is 22.7 Å². The number of aromatic nitrogens is 2. The summed E-state index contributed by atoms with van der Waals surface area (Å²) in [7, 11) is 0. The lowest BCUT2D eigenvalue weighted by Crippen LogP contribution is -2.09. The van der Waals surface area contributed by atoms with E-state index in [2.05, 4.69) is 42.7 Å². The molecule has 6 heteroatoms. The fourth-order valence-corrected chi connectivity index (χ4v) is 4.26. The molecule has 4 aromatic rings. The Morgan fingerprint density at radius 1 is 0.875 bits per heavy atom. The molecule has 0 atom stereocenters. The van der Waals surface area contributed by atoms with Crippen LogP contribution < -0.4 is 9.47 Å². The zero-order valence-corrected chi connectivity index (χ0v) is 19.8. The second-order valence-electron chi connectivity index (χ2n) is 7.91. The van der Waals surface area contributed by atoms with E-state index in [9.17, 15) is 0 Å². The standard InChI is InChI=1S/C26H26Cl2N2O2/c1-18-13-19(2)15-21(14-18)31-12-6-5-11-30-24-8-4-3-7-23(24)29-26(30)17-32-25-10-9-20(27)16-22(25)28/h3-4,7-10,13-16H,5-6,11-12,17H2,1-2H3. The van der Waals surface area contributed by atoms with Crippen molar-refractivity contribution >= 4 is 34.2 Å². The highest BCUT2D eigenvalue weighted by Crippen LogP contribution is 2.28. The summed E-state index contributed by atoms with van der Waals surface area (Å²) in [5, 5.41) is 1.07. The first-order valence-corrected chi connectivity index (χ1v) is 11.5. The van der Waals surface area contributed by atoms with E-state index in [4.69, 9.17) is 37.7 Å². The van der Waals surface area contributed by atoms with Crippen LogP contribution in [0.25, 0.3) is 11.0 Å². The number of hydrogen-bond acceptors (Lipinski definition) is 3. The first-order valence-electron chi connectivity index (χ1n) is 10.7. The van der Waals surface area contributed by atoms with Gasteiger partial charge >= 0.3 is 0 Å². The van der Waals surface area contributed by atoms with Crippen LogP contribution in [0, 0.1) is 13.8 Å². The minimum Gasteiger partial charge on any atom is -0.494 e. The number of benzene rings is 3. The number of fused-ring (bicyclic) bond motifs is 1. The number of hydrogen-bond donors (Lipinski definition) is 0. The van der Waals surface area contributed by atoms with Crippen molar-refractivity contribution in [3.63, 3.8) is 0 Å². The first-order chi connectivity index (χ1) is 15.5. The third-order valence-corrected chi connectivity index (χ3v) is 5.75. The molecular formula is C26H26Cl2N2O2. The molecule has 0 bridgehead atoms. The molecule has 0 fully saturated rings. The number of rotatable bonds is 9. The average Bonchev–Trinajstić information content (AvgIpc) is 3.10. The summed E-state index contributed by atoms with van der Waals surface area (Å²) in [5.74, 6) is 2.40. The Labute approximate surface area is 198 Å². The van der Waals surface area contributed by atoms with E-state index in [1.54, 1.807) is 18.2 Å². The Balaban J connectivity index is 1.39. The van der Waals surface area contributed by atoms with Crippen LogP contribution in [0.2, 0.25) is 10.0 Å². The maximum atomic E-state index is 6.25. The lowest BCUT2D eigenvalue weighted by molar-refractivity contribution is 0.285.